The molecule has 1 aliphatic heterocycles. The van der Waals surface area contributed by atoms with Gasteiger partial charge in [0.05, 0.1) is 15.4 Å². The zero-order valence-electron chi connectivity index (χ0n) is 10.5. The molecule has 1 aromatic carbocycles. The molecule has 0 aromatic heterocycles. The lowest BCUT2D eigenvalue weighted by molar-refractivity contribution is -0.385. The van der Waals surface area contributed by atoms with Gasteiger partial charge < -0.3 is 5.11 Å². The van der Waals surface area contributed by atoms with E-state index in [1.54, 1.807) is 6.92 Å². The molecule has 2 rings (SSSR count). The molecule has 1 N–H and O–H groups in total. The number of rotatable bonds is 3. The largest absolute Gasteiger partial charge is 0.387 e. The molecule has 0 atom stereocenters. The number of non-ortho nitro benzene ring substituents is 1. The number of nitro groups is 1. The topological polar surface area (TPSA) is 101 Å². The van der Waals surface area contributed by atoms with Crippen molar-refractivity contribution in [2.75, 3.05) is 13.1 Å². The minimum atomic E-state index is -3.70. The second kappa shape index (κ2) is 4.26. The smallest absolute Gasteiger partial charge is 0.269 e. The fourth-order valence-electron chi connectivity index (χ4n) is 2.06. The number of sulfonamides is 1. The molecule has 0 spiro atoms. The summed E-state index contributed by atoms with van der Waals surface area (Å²) >= 11 is 0. The maximum Gasteiger partial charge on any atom is 0.269 e. The van der Waals surface area contributed by atoms with Crippen LogP contribution in [0.25, 0.3) is 0 Å². The summed E-state index contributed by atoms with van der Waals surface area (Å²) in [4.78, 5) is 10.1. The van der Waals surface area contributed by atoms with Gasteiger partial charge in [-0.15, -0.1) is 0 Å². The highest BCUT2D eigenvalue weighted by atomic mass is 32.2. The van der Waals surface area contributed by atoms with Gasteiger partial charge >= 0.3 is 0 Å². The van der Waals surface area contributed by atoms with Gasteiger partial charge in [-0.1, -0.05) is 0 Å². The Bertz CT molecular complexity index is 630. The molecule has 0 aliphatic carbocycles. The number of β-amino-alcohol motifs (C(OH)–C–C–N with tert-alkyl or cyclic N) is 1. The summed E-state index contributed by atoms with van der Waals surface area (Å²) in [7, 11) is -3.70. The first-order valence-electron chi connectivity index (χ1n) is 5.61. The summed E-state index contributed by atoms with van der Waals surface area (Å²) < 4.78 is 25.7. The molecule has 1 heterocycles. The number of aryl methyl sites for hydroxylation is 1. The lowest BCUT2D eigenvalue weighted by atomic mass is 10.0. The van der Waals surface area contributed by atoms with Crippen LogP contribution in [0.1, 0.15) is 12.5 Å². The molecule has 7 nitrogen and oxygen atoms in total. The molecule has 104 valence electrons. The maximum absolute atomic E-state index is 12.2. The lowest BCUT2D eigenvalue weighted by Crippen LogP contribution is -2.61. The minimum Gasteiger partial charge on any atom is -0.387 e. The van der Waals surface area contributed by atoms with Gasteiger partial charge in [-0.3, -0.25) is 10.1 Å². The van der Waals surface area contributed by atoms with Crippen LogP contribution in [-0.2, 0) is 10.0 Å². The normalized spacial score (nSPS) is 18.9. The van der Waals surface area contributed by atoms with Gasteiger partial charge in [0, 0.05) is 25.2 Å². The Labute approximate surface area is 110 Å². The van der Waals surface area contributed by atoms with Crippen molar-refractivity contribution in [2.24, 2.45) is 0 Å². The second-order valence-corrected chi connectivity index (χ2v) is 6.88. The van der Waals surface area contributed by atoms with Gasteiger partial charge in [-0.2, -0.15) is 4.31 Å². The van der Waals surface area contributed by atoms with Crippen LogP contribution < -0.4 is 0 Å². The molecule has 0 saturated carbocycles. The first kappa shape index (κ1) is 13.9. The molecule has 1 saturated heterocycles. The first-order chi connectivity index (χ1) is 8.63. The van der Waals surface area contributed by atoms with Crippen LogP contribution >= 0.6 is 0 Å². The summed E-state index contributed by atoms with van der Waals surface area (Å²) in [5.41, 5.74) is -0.824. The van der Waals surface area contributed by atoms with Crippen molar-refractivity contribution >= 4 is 15.7 Å². The molecule has 1 aliphatic rings. The summed E-state index contributed by atoms with van der Waals surface area (Å²) in [6, 6.07) is 3.62. The van der Waals surface area contributed by atoms with E-state index in [0.717, 1.165) is 10.4 Å². The molecule has 19 heavy (non-hydrogen) atoms. The molecule has 0 unspecified atom stereocenters. The second-order valence-electron chi connectivity index (χ2n) is 4.98. The van der Waals surface area contributed by atoms with Crippen molar-refractivity contribution < 1.29 is 18.4 Å². The van der Waals surface area contributed by atoms with E-state index in [1.165, 1.54) is 19.1 Å². The number of hydrogen-bond donors (Lipinski definition) is 1. The predicted molar refractivity (Wildman–Crippen MR) is 67.2 cm³/mol. The number of hydrogen-bond acceptors (Lipinski definition) is 5. The predicted octanol–water partition coefficient (Wildman–Crippen LogP) is 0.659. The van der Waals surface area contributed by atoms with Crippen LogP contribution in [0.4, 0.5) is 5.69 Å². The van der Waals surface area contributed by atoms with E-state index < -0.39 is 20.5 Å². The van der Waals surface area contributed by atoms with Crippen LogP contribution in [-0.4, -0.2) is 41.4 Å². The standard InChI is InChI=1S/C11H14N2O5S/c1-8-5-9(13(15)16)3-4-10(8)19(17,18)12-6-11(2,14)7-12/h3-5,14H,6-7H2,1-2H3. The van der Waals surface area contributed by atoms with Crippen LogP contribution in [0.2, 0.25) is 0 Å². The molecular weight excluding hydrogens is 272 g/mol. The summed E-state index contributed by atoms with van der Waals surface area (Å²) in [5, 5.41) is 20.2. The van der Waals surface area contributed by atoms with Crippen molar-refractivity contribution in [3.8, 4) is 0 Å². The van der Waals surface area contributed by atoms with Crippen molar-refractivity contribution in [1.82, 2.24) is 4.31 Å². The maximum atomic E-state index is 12.2. The van der Waals surface area contributed by atoms with Gasteiger partial charge in [0.2, 0.25) is 10.0 Å². The third-order valence-corrected chi connectivity index (χ3v) is 4.97. The Morgan fingerprint density at radius 2 is 2.00 bits per heavy atom. The molecule has 0 amide bonds. The Balaban J connectivity index is 2.35. The molecule has 1 fully saturated rings. The van der Waals surface area contributed by atoms with E-state index >= 15 is 0 Å². The van der Waals surface area contributed by atoms with E-state index in [1.807, 2.05) is 0 Å². The number of aliphatic hydroxyl groups is 1. The van der Waals surface area contributed by atoms with Crippen LogP contribution in [0.15, 0.2) is 23.1 Å². The van der Waals surface area contributed by atoms with E-state index in [4.69, 9.17) is 0 Å². The Hall–Kier alpha value is -1.51. The molecular formula is C11H14N2O5S. The van der Waals surface area contributed by atoms with E-state index in [0.29, 0.717) is 5.56 Å². The molecule has 0 bridgehead atoms. The van der Waals surface area contributed by atoms with Crippen molar-refractivity contribution in [1.29, 1.82) is 0 Å². The Morgan fingerprint density at radius 1 is 1.42 bits per heavy atom. The van der Waals surface area contributed by atoms with Gasteiger partial charge in [-0.25, -0.2) is 8.42 Å². The summed E-state index contributed by atoms with van der Waals surface area (Å²) in [6.07, 6.45) is 0. The molecule has 0 radical (unpaired) electrons. The van der Waals surface area contributed by atoms with Crippen LogP contribution in [0.5, 0.6) is 0 Å². The SMILES string of the molecule is Cc1cc([N+](=O)[O-])ccc1S(=O)(=O)N1CC(C)(O)C1. The number of nitro benzene ring substituents is 1. The highest BCUT2D eigenvalue weighted by molar-refractivity contribution is 7.89. The van der Waals surface area contributed by atoms with Crippen LogP contribution in [0.3, 0.4) is 0 Å². The Morgan fingerprint density at radius 3 is 2.42 bits per heavy atom. The summed E-state index contributed by atoms with van der Waals surface area (Å²) in [5.74, 6) is 0. The van der Waals surface area contributed by atoms with Crippen molar-refractivity contribution in [3.63, 3.8) is 0 Å². The first-order valence-corrected chi connectivity index (χ1v) is 7.05. The van der Waals surface area contributed by atoms with E-state index in [-0.39, 0.29) is 23.7 Å². The summed E-state index contributed by atoms with van der Waals surface area (Å²) in [6.45, 7) is 3.14. The monoisotopic (exact) mass is 286 g/mol. The van der Waals surface area contributed by atoms with Gasteiger partial charge in [0.1, 0.15) is 0 Å². The van der Waals surface area contributed by atoms with Gasteiger partial charge in [0.15, 0.2) is 0 Å². The average Bonchev–Trinajstić information content (AvgIpc) is 2.25. The fraction of sp³-hybridized carbons (Fsp3) is 0.455. The zero-order chi connectivity index (χ0) is 14.4. The highest BCUT2D eigenvalue weighted by Gasteiger charge is 2.44. The van der Waals surface area contributed by atoms with Gasteiger partial charge in [0.25, 0.3) is 5.69 Å². The fourth-order valence-corrected chi connectivity index (χ4v) is 3.94. The van der Waals surface area contributed by atoms with Gasteiger partial charge in [-0.05, 0) is 25.5 Å². The zero-order valence-corrected chi connectivity index (χ0v) is 11.3. The van der Waals surface area contributed by atoms with E-state index in [9.17, 15) is 23.6 Å². The minimum absolute atomic E-state index is 0.0335. The molecule has 8 heteroatoms. The molecule has 1 aromatic rings. The third kappa shape index (κ3) is 2.46. The Kier molecular flexibility index (Phi) is 3.12. The van der Waals surface area contributed by atoms with E-state index in [2.05, 4.69) is 0 Å². The third-order valence-electron chi connectivity index (χ3n) is 3.02. The number of benzene rings is 1. The van der Waals surface area contributed by atoms with Crippen molar-refractivity contribution in [3.05, 3.63) is 33.9 Å². The average molecular weight is 286 g/mol. The number of nitrogens with zero attached hydrogens (tertiary/aromatic N) is 2. The van der Waals surface area contributed by atoms with Crippen LogP contribution in [0, 0.1) is 17.0 Å². The van der Waals surface area contributed by atoms with Crippen molar-refractivity contribution in [2.45, 2.75) is 24.3 Å². The quantitative estimate of drug-likeness (QED) is 0.649. The lowest BCUT2D eigenvalue weighted by Gasteiger charge is -2.43. The highest BCUT2D eigenvalue weighted by Crippen LogP contribution is 2.30.